The highest BCUT2D eigenvalue weighted by Gasteiger charge is 2.62. The fourth-order valence-electron chi connectivity index (χ4n) is 4.30. The van der Waals surface area contributed by atoms with Gasteiger partial charge in [0.25, 0.3) is 5.92 Å². The maximum Gasteiger partial charge on any atom is 0.253 e. The number of alkyl halides is 2. The third-order valence-corrected chi connectivity index (χ3v) is 6.31. The molecule has 0 radical (unpaired) electrons. The average Bonchev–Trinajstić information content (AvgIpc) is 3.35. The smallest absolute Gasteiger partial charge is 0.253 e. The lowest BCUT2D eigenvalue weighted by Crippen LogP contribution is -2.53. The Balaban J connectivity index is 0.00000132. The Kier molecular flexibility index (Phi) is 7.18. The van der Waals surface area contributed by atoms with Crippen LogP contribution in [0.2, 0.25) is 10.2 Å². The number of nitrogen functional groups attached to an aromatic ring is 2. The number of rotatable bonds is 4. The van der Waals surface area contributed by atoms with Crippen molar-refractivity contribution in [3.05, 3.63) is 46.1 Å². The normalized spacial score (nSPS) is 23.6. The van der Waals surface area contributed by atoms with Crippen molar-refractivity contribution in [3.63, 3.8) is 0 Å². The molecule has 170 valence electrons. The lowest BCUT2D eigenvalue weighted by molar-refractivity contribution is 0.0570. The van der Waals surface area contributed by atoms with E-state index in [-0.39, 0.29) is 29.5 Å². The summed E-state index contributed by atoms with van der Waals surface area (Å²) >= 11 is 12.1. The Labute approximate surface area is 192 Å². The van der Waals surface area contributed by atoms with E-state index in [0.717, 1.165) is 11.3 Å². The summed E-state index contributed by atoms with van der Waals surface area (Å²) in [6.45, 7) is 7.89. The molecule has 31 heavy (non-hydrogen) atoms. The van der Waals surface area contributed by atoms with Crippen LogP contribution in [0.4, 0.5) is 26.0 Å². The molecule has 1 aliphatic carbocycles. The monoisotopic (exact) mass is 471 g/mol. The van der Waals surface area contributed by atoms with Crippen LogP contribution in [0.1, 0.15) is 38.8 Å². The first-order valence-electron chi connectivity index (χ1n) is 10.5. The minimum Gasteiger partial charge on any atom is -0.394 e. The van der Waals surface area contributed by atoms with Crippen LogP contribution in [0.15, 0.2) is 30.3 Å². The summed E-state index contributed by atoms with van der Waals surface area (Å²) in [6.07, 6.45) is -0.0850. The van der Waals surface area contributed by atoms with Crippen LogP contribution in [-0.4, -0.2) is 41.5 Å². The van der Waals surface area contributed by atoms with Crippen LogP contribution in [0.25, 0.3) is 0 Å². The molecule has 5 nitrogen and oxygen atoms in total. The van der Waals surface area contributed by atoms with E-state index in [1.165, 1.54) is 0 Å². The molecule has 0 spiro atoms. The summed E-state index contributed by atoms with van der Waals surface area (Å²) < 4.78 is 28.1. The third-order valence-electron chi connectivity index (χ3n) is 5.86. The molecule has 1 saturated carbocycles. The molecule has 4 N–H and O–H groups in total. The molecule has 0 bridgehead atoms. The number of nitrogens with zero attached hydrogens (tertiary/aromatic N) is 3. The van der Waals surface area contributed by atoms with Crippen LogP contribution in [0, 0.1) is 5.92 Å². The second-order valence-corrected chi connectivity index (χ2v) is 8.69. The molecule has 3 atom stereocenters. The van der Waals surface area contributed by atoms with Gasteiger partial charge < -0.3 is 16.4 Å². The Morgan fingerprint density at radius 3 is 2.29 bits per heavy atom. The van der Waals surface area contributed by atoms with Crippen LogP contribution in [-0.2, 0) is 0 Å². The molecular formula is C22H29Cl2F2N5. The molecule has 1 aliphatic heterocycles. The van der Waals surface area contributed by atoms with E-state index in [0.29, 0.717) is 30.3 Å². The number of piperazine rings is 1. The van der Waals surface area contributed by atoms with E-state index >= 15 is 0 Å². The highest BCUT2D eigenvalue weighted by atomic mass is 35.5. The lowest BCUT2D eigenvalue weighted by Gasteiger charge is -2.45. The van der Waals surface area contributed by atoms with Crippen LogP contribution >= 0.6 is 23.2 Å². The van der Waals surface area contributed by atoms with E-state index in [1.807, 2.05) is 32.9 Å². The summed E-state index contributed by atoms with van der Waals surface area (Å²) in [5.41, 5.74) is 14.0. The van der Waals surface area contributed by atoms with Crippen molar-refractivity contribution in [2.24, 2.45) is 5.92 Å². The van der Waals surface area contributed by atoms with Crippen molar-refractivity contribution >= 4 is 40.4 Å². The van der Waals surface area contributed by atoms with Gasteiger partial charge in [-0.3, -0.25) is 4.90 Å². The van der Waals surface area contributed by atoms with Crippen molar-refractivity contribution < 1.29 is 8.78 Å². The third kappa shape index (κ3) is 4.99. The topological polar surface area (TPSA) is 71.4 Å². The van der Waals surface area contributed by atoms with E-state index in [2.05, 4.69) is 14.8 Å². The molecule has 1 saturated heterocycles. The Morgan fingerprint density at radius 2 is 1.74 bits per heavy atom. The quantitative estimate of drug-likeness (QED) is 0.577. The molecule has 2 aliphatic rings. The minimum absolute atomic E-state index is 0.0334. The van der Waals surface area contributed by atoms with Gasteiger partial charge >= 0.3 is 0 Å². The Hall–Kier alpha value is -1.83. The molecule has 2 fully saturated rings. The summed E-state index contributed by atoms with van der Waals surface area (Å²) in [6, 6.07) is 8.59. The number of hydrogen-bond donors (Lipinski definition) is 2. The van der Waals surface area contributed by atoms with Gasteiger partial charge in [0.15, 0.2) is 5.82 Å². The molecule has 1 aromatic carbocycles. The molecule has 0 amide bonds. The number of halogens is 4. The van der Waals surface area contributed by atoms with Crippen molar-refractivity contribution in [1.29, 1.82) is 0 Å². The van der Waals surface area contributed by atoms with Gasteiger partial charge in [-0.25, -0.2) is 13.8 Å². The molecule has 1 aromatic heterocycles. The maximum absolute atomic E-state index is 14.0. The van der Waals surface area contributed by atoms with Gasteiger partial charge in [0, 0.05) is 55.1 Å². The summed E-state index contributed by atoms with van der Waals surface area (Å²) in [4.78, 5) is 8.23. The number of nitrogens with two attached hydrogens (primary N) is 2. The Morgan fingerprint density at radius 1 is 1.13 bits per heavy atom. The average molecular weight is 472 g/mol. The highest BCUT2D eigenvalue weighted by Crippen LogP contribution is 2.57. The number of aromatic nitrogens is 1. The van der Waals surface area contributed by atoms with Crippen molar-refractivity contribution in [2.75, 3.05) is 36.0 Å². The molecule has 2 aromatic rings. The highest BCUT2D eigenvalue weighted by molar-refractivity contribution is 6.30. The van der Waals surface area contributed by atoms with Crippen LogP contribution in [0.3, 0.4) is 0 Å². The van der Waals surface area contributed by atoms with E-state index in [1.54, 1.807) is 18.2 Å². The summed E-state index contributed by atoms with van der Waals surface area (Å²) in [7, 11) is 0. The second-order valence-electron chi connectivity index (χ2n) is 7.87. The first-order valence-corrected chi connectivity index (χ1v) is 11.3. The maximum atomic E-state index is 14.0. The zero-order chi connectivity index (χ0) is 22.9. The Bertz CT molecular complexity index is 910. The van der Waals surface area contributed by atoms with Gasteiger partial charge in [0.2, 0.25) is 0 Å². The first kappa shape index (κ1) is 23.8. The molecular weight excluding hydrogens is 443 g/mol. The fraction of sp³-hybridized carbons (Fsp3) is 0.500. The largest absolute Gasteiger partial charge is 0.394 e. The van der Waals surface area contributed by atoms with Gasteiger partial charge in [-0.1, -0.05) is 49.2 Å². The number of pyridine rings is 1. The van der Waals surface area contributed by atoms with E-state index in [9.17, 15) is 8.78 Å². The molecule has 2 heterocycles. The zero-order valence-electron chi connectivity index (χ0n) is 18.0. The predicted octanol–water partition coefficient (Wildman–Crippen LogP) is 5.49. The van der Waals surface area contributed by atoms with Crippen LogP contribution < -0.4 is 16.4 Å². The van der Waals surface area contributed by atoms with E-state index < -0.39 is 11.8 Å². The van der Waals surface area contributed by atoms with Gasteiger partial charge in [0.05, 0.1) is 11.4 Å². The van der Waals surface area contributed by atoms with Crippen LogP contribution in [0.5, 0.6) is 0 Å². The van der Waals surface area contributed by atoms with Gasteiger partial charge in [-0.05, 0) is 24.6 Å². The van der Waals surface area contributed by atoms with Gasteiger partial charge in [0.1, 0.15) is 5.15 Å². The van der Waals surface area contributed by atoms with E-state index in [4.69, 9.17) is 34.7 Å². The molecule has 3 unspecified atom stereocenters. The first-order chi connectivity index (χ1) is 14.7. The van der Waals surface area contributed by atoms with Crippen molar-refractivity contribution in [2.45, 2.75) is 45.2 Å². The molecule has 9 heteroatoms. The van der Waals surface area contributed by atoms with Crippen molar-refractivity contribution in [3.8, 4) is 0 Å². The van der Waals surface area contributed by atoms with Gasteiger partial charge in [-0.15, -0.1) is 0 Å². The SMILES string of the molecule is CC.CC1CN(C(c2ccc(Cl)cc2)C2CC2(F)F)CCN1c1cc(Cl)nc(N)c1N. The standard InChI is InChI=1S/C20H23Cl2F2N5.C2H6/c1-11-10-28(6-7-29(11)15-8-16(22)27-19(26)17(15)25)18(14-9-20(14,23)24)12-2-4-13(21)5-3-12;1-2/h2-5,8,11,14,18H,6-7,9-10,25H2,1H3,(H2,26,27);1-2H3. The van der Waals surface area contributed by atoms with Gasteiger partial charge in [-0.2, -0.15) is 0 Å². The number of hydrogen-bond acceptors (Lipinski definition) is 5. The second kappa shape index (κ2) is 9.35. The molecule has 4 rings (SSSR count). The summed E-state index contributed by atoms with van der Waals surface area (Å²) in [5, 5.41) is 0.869. The summed E-state index contributed by atoms with van der Waals surface area (Å²) in [5.74, 6) is -3.11. The van der Waals surface area contributed by atoms with Crippen molar-refractivity contribution in [1.82, 2.24) is 9.88 Å². The zero-order valence-corrected chi connectivity index (χ0v) is 19.5. The lowest BCUT2D eigenvalue weighted by atomic mass is 9.98. The number of anilines is 3. The predicted molar refractivity (Wildman–Crippen MR) is 125 cm³/mol. The fourth-order valence-corrected chi connectivity index (χ4v) is 4.62. The minimum atomic E-state index is -2.62. The number of benzene rings is 1.